The highest BCUT2D eigenvalue weighted by Crippen LogP contribution is 2.57. The Morgan fingerprint density at radius 3 is 0.775 bits per heavy atom. The third kappa shape index (κ3) is 6.14. The minimum atomic E-state index is -2.08. The molecule has 0 aliphatic carbocycles. The van der Waals surface area contributed by atoms with Gasteiger partial charge in [0.1, 0.15) is 0 Å². The molecule has 5 aromatic rings. The van der Waals surface area contributed by atoms with Crippen molar-refractivity contribution in [1.29, 1.82) is 0 Å². The van der Waals surface area contributed by atoms with Crippen LogP contribution < -0.4 is 8.85 Å². The van der Waals surface area contributed by atoms with Gasteiger partial charge >= 0.3 is 0 Å². The van der Waals surface area contributed by atoms with Crippen molar-refractivity contribution in [2.24, 2.45) is 0 Å². The van der Waals surface area contributed by atoms with Gasteiger partial charge in [0.25, 0.3) is 0 Å². The van der Waals surface area contributed by atoms with E-state index in [4.69, 9.17) is 8.85 Å². The van der Waals surface area contributed by atoms with Crippen LogP contribution in [0.2, 0.25) is 39.3 Å². The number of benzene rings is 5. The van der Waals surface area contributed by atoms with Crippen molar-refractivity contribution in [3.63, 3.8) is 0 Å². The lowest BCUT2D eigenvalue weighted by Crippen LogP contribution is -2.33. The highest BCUT2D eigenvalue weighted by Gasteiger charge is 2.33. The summed E-state index contributed by atoms with van der Waals surface area (Å²) in [5.74, 6) is 1.70. The van der Waals surface area contributed by atoms with E-state index < -0.39 is 16.6 Å². The Balaban J connectivity index is 2.09. The quantitative estimate of drug-likeness (QED) is 0.176. The summed E-state index contributed by atoms with van der Waals surface area (Å²) in [7, 11) is -4.16. The van der Waals surface area contributed by atoms with E-state index in [1.165, 1.54) is 0 Å². The SMILES string of the molecule is C[Si](C)(C)Oc1c(O[Si](C)(C)C)c(-c2ccccc2)c(-c2ccccc2)c(-c2ccccc2)c1-c1ccccc1. The first-order valence-corrected chi connectivity index (χ1v) is 20.8. The maximum atomic E-state index is 7.12. The molecule has 0 saturated carbocycles. The van der Waals surface area contributed by atoms with Crippen LogP contribution in [0.1, 0.15) is 0 Å². The zero-order valence-electron chi connectivity index (χ0n) is 24.4. The predicted octanol–water partition coefficient (Wildman–Crippen LogP) is 10.8. The summed E-state index contributed by atoms with van der Waals surface area (Å²) in [6.45, 7) is 13.5. The van der Waals surface area contributed by atoms with Crippen LogP contribution >= 0.6 is 0 Å². The van der Waals surface area contributed by atoms with Crippen LogP contribution in [-0.2, 0) is 0 Å². The van der Waals surface area contributed by atoms with Crippen LogP contribution in [-0.4, -0.2) is 16.6 Å². The summed E-state index contributed by atoms with van der Waals surface area (Å²) >= 11 is 0. The molecule has 0 heterocycles. The molecule has 5 rings (SSSR count). The molecule has 0 aromatic heterocycles. The fourth-order valence-electron chi connectivity index (χ4n) is 5.06. The van der Waals surface area contributed by atoms with E-state index in [1.54, 1.807) is 0 Å². The Kier molecular flexibility index (Phi) is 7.84. The third-order valence-electron chi connectivity index (χ3n) is 6.48. The van der Waals surface area contributed by atoms with E-state index >= 15 is 0 Å². The highest BCUT2D eigenvalue weighted by molar-refractivity contribution is 6.71. The summed E-state index contributed by atoms with van der Waals surface area (Å²) in [6.07, 6.45) is 0. The van der Waals surface area contributed by atoms with Gasteiger partial charge in [0.2, 0.25) is 16.6 Å². The Labute approximate surface area is 241 Å². The van der Waals surface area contributed by atoms with Crippen LogP contribution in [0.4, 0.5) is 0 Å². The molecular weight excluding hydrogens is 521 g/mol. The predicted molar refractivity (Wildman–Crippen MR) is 176 cm³/mol. The molecule has 0 radical (unpaired) electrons. The van der Waals surface area contributed by atoms with Crippen LogP contribution in [0.3, 0.4) is 0 Å². The lowest BCUT2D eigenvalue weighted by atomic mass is 9.81. The summed E-state index contributed by atoms with van der Waals surface area (Å²) in [5.41, 5.74) is 9.02. The minimum Gasteiger partial charge on any atom is -0.541 e. The summed E-state index contributed by atoms with van der Waals surface area (Å²) < 4.78 is 14.2. The van der Waals surface area contributed by atoms with E-state index in [0.29, 0.717) is 0 Å². The molecule has 4 heteroatoms. The van der Waals surface area contributed by atoms with Crippen molar-refractivity contribution in [3.8, 4) is 56.0 Å². The Morgan fingerprint density at radius 1 is 0.325 bits per heavy atom. The van der Waals surface area contributed by atoms with Crippen molar-refractivity contribution >= 4 is 16.6 Å². The van der Waals surface area contributed by atoms with E-state index in [2.05, 4.69) is 161 Å². The molecule has 0 aliphatic heterocycles. The Hall–Kier alpha value is -3.87. The fraction of sp³-hybridized carbons (Fsp3) is 0.167. The molecule has 0 unspecified atom stereocenters. The smallest absolute Gasteiger partial charge is 0.242 e. The van der Waals surface area contributed by atoms with Crippen LogP contribution in [0.15, 0.2) is 121 Å². The molecule has 0 spiro atoms. The lowest BCUT2D eigenvalue weighted by molar-refractivity contribution is 0.492. The van der Waals surface area contributed by atoms with Gasteiger partial charge in [-0.05, 0) is 61.5 Å². The average Bonchev–Trinajstić information content (AvgIpc) is 2.94. The zero-order valence-corrected chi connectivity index (χ0v) is 26.4. The largest absolute Gasteiger partial charge is 0.541 e. The first-order valence-electron chi connectivity index (χ1n) is 14.0. The second-order valence-electron chi connectivity index (χ2n) is 12.1. The van der Waals surface area contributed by atoms with Crippen molar-refractivity contribution in [1.82, 2.24) is 0 Å². The number of rotatable bonds is 8. The average molecular weight is 559 g/mol. The van der Waals surface area contributed by atoms with Gasteiger partial charge in [-0.3, -0.25) is 0 Å². The van der Waals surface area contributed by atoms with Gasteiger partial charge in [-0.1, -0.05) is 121 Å². The number of hydrogen-bond donors (Lipinski definition) is 0. The van der Waals surface area contributed by atoms with Crippen LogP contribution in [0.5, 0.6) is 11.5 Å². The van der Waals surface area contributed by atoms with Gasteiger partial charge < -0.3 is 8.85 Å². The van der Waals surface area contributed by atoms with Gasteiger partial charge in [0.05, 0.1) is 0 Å². The molecule has 0 atom stereocenters. The molecule has 0 N–H and O–H groups in total. The van der Waals surface area contributed by atoms with E-state index in [1.807, 2.05) is 0 Å². The first-order chi connectivity index (χ1) is 19.1. The summed E-state index contributed by atoms with van der Waals surface area (Å²) in [5, 5.41) is 0. The highest BCUT2D eigenvalue weighted by atomic mass is 28.4. The molecule has 2 nitrogen and oxygen atoms in total. The maximum Gasteiger partial charge on any atom is 0.242 e. The Morgan fingerprint density at radius 2 is 0.550 bits per heavy atom. The topological polar surface area (TPSA) is 18.5 Å². The molecule has 0 bridgehead atoms. The monoisotopic (exact) mass is 558 g/mol. The van der Waals surface area contributed by atoms with Gasteiger partial charge in [-0.25, -0.2) is 0 Å². The summed E-state index contributed by atoms with van der Waals surface area (Å²) in [6, 6.07) is 42.8. The van der Waals surface area contributed by atoms with E-state index in [9.17, 15) is 0 Å². The second kappa shape index (κ2) is 11.3. The number of hydrogen-bond acceptors (Lipinski definition) is 2. The maximum absolute atomic E-state index is 7.12. The fourth-order valence-corrected chi connectivity index (χ4v) is 6.67. The van der Waals surface area contributed by atoms with Crippen molar-refractivity contribution in [3.05, 3.63) is 121 Å². The van der Waals surface area contributed by atoms with E-state index in [-0.39, 0.29) is 0 Å². The first kappa shape index (κ1) is 27.7. The van der Waals surface area contributed by atoms with Gasteiger partial charge in [-0.2, -0.15) is 0 Å². The van der Waals surface area contributed by atoms with Crippen LogP contribution in [0.25, 0.3) is 44.5 Å². The standard InChI is InChI=1S/C36H38O2Si2/c1-39(2,3)37-35-33(29-23-15-9-16-24-29)31(27-19-11-7-12-20-27)32(28-21-13-8-14-22-28)34(30-25-17-10-18-26-30)36(35)38-40(4,5)6/h7-26H,1-6H3. The van der Waals surface area contributed by atoms with Gasteiger partial charge in [-0.15, -0.1) is 0 Å². The Bertz CT molecular complexity index is 1450. The molecule has 202 valence electrons. The zero-order chi connectivity index (χ0) is 28.3. The lowest BCUT2D eigenvalue weighted by Gasteiger charge is -2.33. The second-order valence-corrected chi connectivity index (χ2v) is 20.9. The molecule has 0 aliphatic rings. The van der Waals surface area contributed by atoms with Crippen molar-refractivity contribution in [2.45, 2.75) is 39.3 Å². The molecule has 0 amide bonds. The third-order valence-corrected chi connectivity index (χ3v) is 8.11. The van der Waals surface area contributed by atoms with Crippen molar-refractivity contribution in [2.75, 3.05) is 0 Å². The normalized spacial score (nSPS) is 11.8. The van der Waals surface area contributed by atoms with Gasteiger partial charge in [0.15, 0.2) is 11.5 Å². The molecule has 0 saturated heterocycles. The molecule has 40 heavy (non-hydrogen) atoms. The van der Waals surface area contributed by atoms with Crippen molar-refractivity contribution < 1.29 is 8.85 Å². The van der Waals surface area contributed by atoms with Crippen LogP contribution in [0, 0.1) is 0 Å². The molecule has 0 fully saturated rings. The van der Waals surface area contributed by atoms with Gasteiger partial charge in [0, 0.05) is 22.3 Å². The van der Waals surface area contributed by atoms with E-state index in [0.717, 1.165) is 56.0 Å². The molecular formula is C36H38O2Si2. The summed E-state index contributed by atoms with van der Waals surface area (Å²) in [4.78, 5) is 0. The minimum absolute atomic E-state index is 0.852. The molecule has 5 aromatic carbocycles.